The molecule has 30 heavy (non-hydrogen) atoms. The minimum atomic E-state index is -1.58. The smallest absolute Gasteiger partial charge is 0.321 e. The number of ether oxygens (including phenoxy) is 1. The van der Waals surface area contributed by atoms with Gasteiger partial charge in [-0.3, -0.25) is 29.3 Å². The second-order valence-electron chi connectivity index (χ2n) is 6.59. The van der Waals surface area contributed by atoms with E-state index < -0.39 is 34.2 Å². The first-order chi connectivity index (χ1) is 14.3. The van der Waals surface area contributed by atoms with E-state index in [1.807, 2.05) is 0 Å². The summed E-state index contributed by atoms with van der Waals surface area (Å²) >= 11 is 0. The Morgan fingerprint density at radius 3 is 2.07 bits per heavy atom. The zero-order valence-electron chi connectivity index (χ0n) is 16.2. The summed E-state index contributed by atoms with van der Waals surface area (Å²) in [5.74, 6) is -4.35. The van der Waals surface area contributed by atoms with E-state index in [1.165, 1.54) is 36.4 Å². The Labute approximate surface area is 171 Å². The van der Waals surface area contributed by atoms with Gasteiger partial charge in [0.1, 0.15) is 11.7 Å². The van der Waals surface area contributed by atoms with Gasteiger partial charge in [-0.2, -0.15) is 0 Å². The summed E-state index contributed by atoms with van der Waals surface area (Å²) in [5.41, 5.74) is -0.215. The summed E-state index contributed by atoms with van der Waals surface area (Å²) in [4.78, 5) is 61.8. The lowest BCUT2D eigenvalue weighted by atomic mass is 9.75. The molecule has 0 bridgehead atoms. The van der Waals surface area contributed by atoms with Gasteiger partial charge in [-0.15, -0.1) is 0 Å². The number of carbonyl (C=O) groups excluding carboxylic acids is 4. The number of esters is 1. The molecule has 0 amide bonds. The summed E-state index contributed by atoms with van der Waals surface area (Å²) in [5, 5.41) is 11.0. The van der Waals surface area contributed by atoms with Crippen LogP contribution in [0.2, 0.25) is 0 Å². The van der Waals surface area contributed by atoms with Crippen molar-refractivity contribution in [2.24, 2.45) is 5.92 Å². The van der Waals surface area contributed by atoms with Crippen molar-refractivity contribution in [2.75, 3.05) is 6.61 Å². The molecule has 0 fully saturated rings. The van der Waals surface area contributed by atoms with Gasteiger partial charge in [0.25, 0.3) is 5.69 Å². The number of nitrogens with zero attached hydrogens (tertiary/aromatic N) is 1. The van der Waals surface area contributed by atoms with Crippen LogP contribution in [0.3, 0.4) is 0 Å². The number of benzene rings is 2. The molecule has 0 saturated carbocycles. The predicted molar refractivity (Wildman–Crippen MR) is 106 cm³/mol. The Bertz CT molecular complexity index is 1110. The number of allylic oxidation sites excluding steroid dienone is 1. The molecule has 2 aromatic rings. The molecule has 0 saturated heterocycles. The molecule has 0 aromatic heterocycles. The molecular weight excluding hydrogens is 390 g/mol. The third-order valence-corrected chi connectivity index (χ3v) is 4.74. The molecule has 0 heterocycles. The maximum absolute atomic E-state index is 13.3. The number of Topliss-reactive ketones (excluding diaryl/α,β-unsaturated/α-hetero) is 3. The van der Waals surface area contributed by atoms with Crippen molar-refractivity contribution in [1.29, 1.82) is 0 Å². The molecule has 0 aliphatic heterocycles. The van der Waals surface area contributed by atoms with Crippen LogP contribution in [0.1, 0.15) is 40.1 Å². The maximum Gasteiger partial charge on any atom is 0.321 e. The second kappa shape index (κ2) is 8.20. The van der Waals surface area contributed by atoms with Crippen molar-refractivity contribution in [1.82, 2.24) is 0 Å². The number of rotatable bonds is 6. The fourth-order valence-corrected chi connectivity index (χ4v) is 3.42. The Hall–Kier alpha value is -3.94. The molecule has 3 rings (SSSR count). The van der Waals surface area contributed by atoms with Crippen LogP contribution in [0, 0.1) is 16.0 Å². The number of nitro groups is 1. The van der Waals surface area contributed by atoms with Crippen LogP contribution < -0.4 is 0 Å². The van der Waals surface area contributed by atoms with E-state index >= 15 is 0 Å². The number of nitro benzene ring substituents is 1. The summed E-state index contributed by atoms with van der Waals surface area (Å²) in [7, 11) is 0. The second-order valence-corrected chi connectivity index (χ2v) is 6.59. The van der Waals surface area contributed by atoms with Gasteiger partial charge in [-0.05, 0) is 31.5 Å². The van der Waals surface area contributed by atoms with Crippen molar-refractivity contribution in [3.05, 3.63) is 80.9 Å². The van der Waals surface area contributed by atoms with Crippen LogP contribution in [0.15, 0.2) is 54.1 Å². The number of hydrogen-bond donors (Lipinski definition) is 0. The minimum absolute atomic E-state index is 0.0124. The van der Waals surface area contributed by atoms with Crippen molar-refractivity contribution in [2.45, 2.75) is 13.8 Å². The Morgan fingerprint density at radius 1 is 1.00 bits per heavy atom. The summed E-state index contributed by atoms with van der Waals surface area (Å²) < 4.78 is 4.98. The Balaban J connectivity index is 2.31. The molecule has 1 atom stereocenters. The number of ketones is 3. The van der Waals surface area contributed by atoms with Gasteiger partial charge in [0.15, 0.2) is 11.6 Å². The highest BCUT2D eigenvalue weighted by atomic mass is 16.6. The topological polar surface area (TPSA) is 121 Å². The highest BCUT2D eigenvalue weighted by Gasteiger charge is 2.42. The molecule has 152 valence electrons. The zero-order chi connectivity index (χ0) is 22.0. The van der Waals surface area contributed by atoms with Gasteiger partial charge in [-0.25, -0.2) is 0 Å². The van der Waals surface area contributed by atoms with E-state index in [4.69, 9.17) is 4.74 Å². The number of hydrogen-bond acceptors (Lipinski definition) is 7. The third kappa shape index (κ3) is 3.55. The first-order valence-electron chi connectivity index (χ1n) is 9.12. The van der Waals surface area contributed by atoms with Crippen LogP contribution in [-0.4, -0.2) is 34.8 Å². The number of fused-ring (bicyclic) bond motifs is 1. The molecule has 1 aliphatic rings. The fourth-order valence-electron chi connectivity index (χ4n) is 3.42. The molecule has 0 spiro atoms. The van der Waals surface area contributed by atoms with Crippen LogP contribution in [0.25, 0.3) is 5.57 Å². The fraction of sp³-hybridized carbons (Fsp3) is 0.182. The van der Waals surface area contributed by atoms with Crippen molar-refractivity contribution in [3.63, 3.8) is 0 Å². The lowest BCUT2D eigenvalue weighted by Gasteiger charge is -2.25. The van der Waals surface area contributed by atoms with E-state index in [2.05, 4.69) is 0 Å². The minimum Gasteiger partial charge on any atom is -0.465 e. The van der Waals surface area contributed by atoms with E-state index in [1.54, 1.807) is 19.1 Å². The van der Waals surface area contributed by atoms with Gasteiger partial charge in [-0.1, -0.05) is 24.3 Å². The lowest BCUT2D eigenvalue weighted by molar-refractivity contribution is -0.384. The third-order valence-electron chi connectivity index (χ3n) is 4.74. The van der Waals surface area contributed by atoms with Crippen molar-refractivity contribution < 1.29 is 28.8 Å². The summed E-state index contributed by atoms with van der Waals surface area (Å²) in [6.07, 6.45) is 0. The molecule has 0 N–H and O–H groups in total. The molecule has 1 unspecified atom stereocenters. The first kappa shape index (κ1) is 20.8. The largest absolute Gasteiger partial charge is 0.465 e. The van der Waals surface area contributed by atoms with Crippen LogP contribution in [-0.2, 0) is 14.3 Å². The predicted octanol–water partition coefficient (Wildman–Crippen LogP) is 3.20. The molecule has 8 nitrogen and oxygen atoms in total. The summed E-state index contributed by atoms with van der Waals surface area (Å²) in [6.45, 7) is 2.69. The van der Waals surface area contributed by atoms with E-state index in [9.17, 15) is 29.3 Å². The number of non-ortho nitro benzene ring substituents is 1. The van der Waals surface area contributed by atoms with E-state index in [0.717, 1.165) is 6.92 Å². The molecule has 0 radical (unpaired) electrons. The molecule has 1 aliphatic carbocycles. The van der Waals surface area contributed by atoms with E-state index in [0.29, 0.717) is 0 Å². The monoisotopic (exact) mass is 407 g/mol. The van der Waals surface area contributed by atoms with Crippen LogP contribution in [0.5, 0.6) is 0 Å². The van der Waals surface area contributed by atoms with Gasteiger partial charge < -0.3 is 4.74 Å². The molecule has 8 heteroatoms. The average Bonchev–Trinajstić information content (AvgIpc) is 2.72. The lowest BCUT2D eigenvalue weighted by Crippen LogP contribution is -2.34. The SMILES string of the molecule is CCOC(=O)C(C(C)=O)C1=C(c2ccc([N+](=O)[O-])cc2)C(=O)c2ccccc2C1=O. The highest BCUT2D eigenvalue weighted by molar-refractivity contribution is 6.42. The molecule has 2 aromatic carbocycles. The van der Waals surface area contributed by atoms with E-state index in [-0.39, 0.29) is 40.1 Å². The van der Waals surface area contributed by atoms with Crippen molar-refractivity contribution in [3.8, 4) is 0 Å². The van der Waals surface area contributed by atoms with Gasteiger partial charge >= 0.3 is 5.97 Å². The van der Waals surface area contributed by atoms with Crippen LogP contribution in [0.4, 0.5) is 5.69 Å². The zero-order valence-corrected chi connectivity index (χ0v) is 16.2. The first-order valence-corrected chi connectivity index (χ1v) is 9.12. The normalized spacial score (nSPS) is 14.2. The molecular formula is C22H17NO7. The average molecular weight is 407 g/mol. The van der Waals surface area contributed by atoms with Gasteiger partial charge in [0.05, 0.1) is 11.5 Å². The standard InChI is InChI=1S/C22H17NO7/c1-3-30-22(27)17(12(2)24)19-18(13-8-10-14(11-9-13)23(28)29)20(25)15-6-4-5-7-16(15)21(19)26/h4-11,17H,3H2,1-2H3. The highest BCUT2D eigenvalue weighted by Crippen LogP contribution is 2.37. The quantitative estimate of drug-likeness (QED) is 0.312. The van der Waals surface area contributed by atoms with Gasteiger partial charge in [0, 0.05) is 34.4 Å². The van der Waals surface area contributed by atoms with Crippen molar-refractivity contribution >= 4 is 34.6 Å². The Kier molecular flexibility index (Phi) is 5.68. The number of carbonyl (C=O) groups is 4. The van der Waals surface area contributed by atoms with Gasteiger partial charge in [0.2, 0.25) is 0 Å². The Morgan fingerprint density at radius 2 is 1.57 bits per heavy atom. The van der Waals surface area contributed by atoms with Crippen LogP contribution >= 0.6 is 0 Å². The summed E-state index contributed by atoms with van der Waals surface area (Å²) in [6, 6.07) is 11.1. The maximum atomic E-state index is 13.3.